The van der Waals surface area contributed by atoms with Gasteiger partial charge in [-0.15, -0.1) is 11.3 Å². The van der Waals surface area contributed by atoms with E-state index >= 15 is 0 Å². The molecule has 88 valence electrons. The lowest BCUT2D eigenvalue weighted by Gasteiger charge is -2.16. The second-order valence-corrected chi connectivity index (χ2v) is 5.95. The molecule has 0 bridgehead atoms. The maximum absolute atomic E-state index is 12.0. The van der Waals surface area contributed by atoms with Gasteiger partial charge in [0.1, 0.15) is 0 Å². The number of nitrogens with zero attached hydrogens (tertiary/aromatic N) is 2. The van der Waals surface area contributed by atoms with Crippen LogP contribution in [0.1, 0.15) is 15.9 Å². The molecule has 0 aliphatic carbocycles. The van der Waals surface area contributed by atoms with Gasteiger partial charge in [-0.3, -0.25) is 9.78 Å². The topological polar surface area (TPSA) is 33.2 Å². The fraction of sp³-hybridized carbons (Fsp3) is 0.167. The zero-order chi connectivity index (χ0) is 12.3. The lowest BCUT2D eigenvalue weighted by atomic mass is 10.2. The average molecular weight is 311 g/mol. The zero-order valence-corrected chi connectivity index (χ0v) is 11.7. The van der Waals surface area contributed by atoms with Gasteiger partial charge in [-0.1, -0.05) is 0 Å². The van der Waals surface area contributed by atoms with E-state index in [-0.39, 0.29) is 5.91 Å². The highest BCUT2D eigenvalue weighted by Gasteiger charge is 2.12. The summed E-state index contributed by atoms with van der Waals surface area (Å²) in [6.45, 7) is 0.607. The third-order valence-electron chi connectivity index (χ3n) is 2.30. The number of pyridine rings is 1. The monoisotopic (exact) mass is 310 g/mol. The van der Waals surface area contributed by atoms with E-state index in [2.05, 4.69) is 20.9 Å². The number of thiophene rings is 1. The first kappa shape index (κ1) is 12.3. The molecule has 0 aliphatic heterocycles. The Bertz CT molecular complexity index is 512. The fourth-order valence-electron chi connectivity index (χ4n) is 1.48. The molecule has 5 heteroatoms. The van der Waals surface area contributed by atoms with Crippen molar-refractivity contribution in [2.75, 3.05) is 7.05 Å². The molecule has 2 heterocycles. The summed E-state index contributed by atoms with van der Waals surface area (Å²) in [5.41, 5.74) is 1.74. The van der Waals surface area contributed by atoms with Crippen molar-refractivity contribution in [3.8, 4) is 0 Å². The maximum Gasteiger partial charge on any atom is 0.255 e. The number of aromatic nitrogens is 1. The van der Waals surface area contributed by atoms with E-state index in [9.17, 15) is 4.79 Å². The van der Waals surface area contributed by atoms with Crippen LogP contribution in [0.25, 0.3) is 0 Å². The first-order valence-electron chi connectivity index (χ1n) is 5.05. The van der Waals surface area contributed by atoms with E-state index in [1.807, 2.05) is 11.4 Å². The molecule has 2 aromatic rings. The van der Waals surface area contributed by atoms with Crippen molar-refractivity contribution in [3.63, 3.8) is 0 Å². The summed E-state index contributed by atoms with van der Waals surface area (Å²) in [7, 11) is 1.79. The van der Waals surface area contributed by atoms with E-state index in [0.29, 0.717) is 12.1 Å². The summed E-state index contributed by atoms with van der Waals surface area (Å²) in [6.07, 6.45) is 3.25. The zero-order valence-electron chi connectivity index (χ0n) is 9.26. The standard InChI is InChI=1S/C12H11BrN2OS/c1-15(7-9-5-11(13)17-8-9)12(16)10-3-2-4-14-6-10/h2-6,8H,7H2,1H3. The maximum atomic E-state index is 12.0. The first-order chi connectivity index (χ1) is 8.16. The van der Waals surface area contributed by atoms with Gasteiger partial charge >= 0.3 is 0 Å². The number of amides is 1. The number of carbonyl (C=O) groups is 1. The van der Waals surface area contributed by atoms with Crippen molar-refractivity contribution >= 4 is 33.2 Å². The number of carbonyl (C=O) groups excluding carboxylic acids is 1. The van der Waals surface area contributed by atoms with Gasteiger partial charge in [0.05, 0.1) is 9.35 Å². The average Bonchev–Trinajstić information content (AvgIpc) is 2.75. The number of halogens is 1. The Hall–Kier alpha value is -1.20. The summed E-state index contributed by atoms with van der Waals surface area (Å²) in [5, 5.41) is 2.04. The third-order valence-corrected chi connectivity index (χ3v) is 3.85. The van der Waals surface area contributed by atoms with Crippen molar-refractivity contribution in [2.24, 2.45) is 0 Å². The molecule has 0 unspecified atom stereocenters. The Kier molecular flexibility index (Phi) is 3.91. The second kappa shape index (κ2) is 5.42. The fourth-order valence-corrected chi connectivity index (χ4v) is 2.68. The molecule has 1 amide bonds. The number of hydrogen-bond donors (Lipinski definition) is 0. The van der Waals surface area contributed by atoms with E-state index in [1.54, 1.807) is 47.8 Å². The number of hydrogen-bond acceptors (Lipinski definition) is 3. The normalized spacial score (nSPS) is 10.2. The van der Waals surface area contributed by atoms with Crippen LogP contribution >= 0.6 is 27.3 Å². The Labute approximate surface area is 112 Å². The van der Waals surface area contributed by atoms with Crippen molar-refractivity contribution in [3.05, 3.63) is 50.9 Å². The SMILES string of the molecule is CN(Cc1csc(Br)c1)C(=O)c1cccnc1. The van der Waals surface area contributed by atoms with Crippen LogP contribution in [0, 0.1) is 0 Å². The van der Waals surface area contributed by atoms with E-state index < -0.39 is 0 Å². The van der Waals surface area contributed by atoms with Gasteiger partial charge in [0.2, 0.25) is 0 Å². The Morgan fingerprint density at radius 2 is 2.41 bits per heavy atom. The summed E-state index contributed by atoms with van der Waals surface area (Å²) >= 11 is 5.03. The molecule has 2 rings (SSSR count). The van der Waals surface area contributed by atoms with Crippen LogP contribution in [0.2, 0.25) is 0 Å². The molecule has 0 radical (unpaired) electrons. The molecular weight excluding hydrogens is 300 g/mol. The highest BCUT2D eigenvalue weighted by Crippen LogP contribution is 2.21. The van der Waals surface area contributed by atoms with Gasteiger partial charge in [0.25, 0.3) is 5.91 Å². The van der Waals surface area contributed by atoms with Crippen LogP contribution < -0.4 is 0 Å². The van der Waals surface area contributed by atoms with Crippen molar-refractivity contribution in [1.82, 2.24) is 9.88 Å². The van der Waals surface area contributed by atoms with Crippen LogP contribution in [0.15, 0.2) is 39.8 Å². The van der Waals surface area contributed by atoms with Crippen LogP contribution in [-0.4, -0.2) is 22.8 Å². The molecule has 0 aromatic carbocycles. The number of rotatable bonds is 3. The summed E-state index contributed by atoms with van der Waals surface area (Å²) < 4.78 is 1.08. The van der Waals surface area contributed by atoms with E-state index in [1.165, 1.54) is 0 Å². The summed E-state index contributed by atoms with van der Waals surface area (Å²) in [6, 6.07) is 5.56. The van der Waals surface area contributed by atoms with Crippen molar-refractivity contribution < 1.29 is 4.79 Å². The predicted octanol–water partition coefficient (Wildman–Crippen LogP) is 3.18. The molecule has 0 saturated carbocycles. The molecular formula is C12H11BrN2OS. The van der Waals surface area contributed by atoms with Crippen molar-refractivity contribution in [1.29, 1.82) is 0 Å². The minimum Gasteiger partial charge on any atom is -0.337 e. The largest absolute Gasteiger partial charge is 0.337 e. The molecule has 0 spiro atoms. The van der Waals surface area contributed by atoms with Gasteiger partial charge in [-0.2, -0.15) is 0 Å². The smallest absolute Gasteiger partial charge is 0.255 e. The van der Waals surface area contributed by atoms with Gasteiger partial charge in [0.15, 0.2) is 0 Å². The molecule has 0 saturated heterocycles. The van der Waals surface area contributed by atoms with E-state index in [0.717, 1.165) is 9.35 Å². The lowest BCUT2D eigenvalue weighted by Crippen LogP contribution is -2.26. The van der Waals surface area contributed by atoms with Gasteiger partial charge in [0, 0.05) is 26.0 Å². The van der Waals surface area contributed by atoms with Crippen molar-refractivity contribution in [2.45, 2.75) is 6.54 Å². The van der Waals surface area contributed by atoms with Gasteiger partial charge in [-0.25, -0.2) is 0 Å². The molecule has 2 aromatic heterocycles. The molecule has 0 atom stereocenters. The molecule has 3 nitrogen and oxygen atoms in total. The van der Waals surface area contributed by atoms with Crippen LogP contribution in [0.4, 0.5) is 0 Å². The predicted molar refractivity (Wildman–Crippen MR) is 72.1 cm³/mol. The third kappa shape index (κ3) is 3.14. The first-order valence-corrected chi connectivity index (χ1v) is 6.72. The molecule has 0 aliphatic rings. The van der Waals surface area contributed by atoms with E-state index in [4.69, 9.17) is 0 Å². The Morgan fingerprint density at radius 3 is 3.00 bits per heavy atom. The minimum atomic E-state index is -0.0135. The minimum absolute atomic E-state index is 0.0135. The Morgan fingerprint density at radius 1 is 1.59 bits per heavy atom. The summed E-state index contributed by atoms with van der Waals surface area (Å²) in [5.74, 6) is -0.0135. The van der Waals surface area contributed by atoms with Crippen LogP contribution in [0.3, 0.4) is 0 Å². The second-order valence-electron chi connectivity index (χ2n) is 3.66. The van der Waals surface area contributed by atoms with Gasteiger partial charge < -0.3 is 4.90 Å². The Balaban J connectivity index is 2.06. The molecule has 17 heavy (non-hydrogen) atoms. The van der Waals surface area contributed by atoms with Gasteiger partial charge in [-0.05, 0) is 45.1 Å². The molecule has 0 N–H and O–H groups in total. The quantitative estimate of drug-likeness (QED) is 0.872. The highest BCUT2D eigenvalue weighted by atomic mass is 79.9. The molecule has 0 fully saturated rings. The lowest BCUT2D eigenvalue weighted by molar-refractivity contribution is 0.0785. The van der Waals surface area contributed by atoms with Crippen LogP contribution in [0.5, 0.6) is 0 Å². The van der Waals surface area contributed by atoms with Crippen LogP contribution in [-0.2, 0) is 6.54 Å². The summed E-state index contributed by atoms with van der Waals surface area (Å²) in [4.78, 5) is 17.7. The highest BCUT2D eigenvalue weighted by molar-refractivity contribution is 9.11.